The number of aromatic nitrogens is 1. The van der Waals surface area contributed by atoms with Crippen molar-refractivity contribution in [2.24, 2.45) is 0 Å². The summed E-state index contributed by atoms with van der Waals surface area (Å²) in [4.78, 5) is 17.9. The van der Waals surface area contributed by atoms with Crippen LogP contribution in [0.15, 0.2) is 18.5 Å². The highest BCUT2D eigenvalue weighted by Crippen LogP contribution is 2.17. The van der Waals surface area contributed by atoms with Crippen LogP contribution in [0.3, 0.4) is 0 Å². The number of amides is 1. The van der Waals surface area contributed by atoms with Gasteiger partial charge in [-0.1, -0.05) is 11.6 Å². The zero-order chi connectivity index (χ0) is 11.5. The van der Waals surface area contributed by atoms with Gasteiger partial charge in [0.05, 0.1) is 10.6 Å². The van der Waals surface area contributed by atoms with Crippen LogP contribution in [0, 0.1) is 0 Å². The van der Waals surface area contributed by atoms with Gasteiger partial charge < -0.3 is 10.2 Å². The van der Waals surface area contributed by atoms with Crippen LogP contribution in [0.1, 0.15) is 17.3 Å². The van der Waals surface area contributed by atoms with Crippen molar-refractivity contribution < 1.29 is 4.79 Å². The first-order valence-electron chi connectivity index (χ1n) is 5.31. The van der Waals surface area contributed by atoms with Crippen molar-refractivity contribution in [3.05, 3.63) is 29.0 Å². The largest absolute Gasteiger partial charge is 0.333 e. The van der Waals surface area contributed by atoms with Crippen LogP contribution >= 0.6 is 11.6 Å². The van der Waals surface area contributed by atoms with E-state index in [0.29, 0.717) is 10.6 Å². The number of rotatable bonds is 1. The summed E-state index contributed by atoms with van der Waals surface area (Å²) in [5, 5.41) is 3.66. The van der Waals surface area contributed by atoms with Gasteiger partial charge in [-0.05, 0) is 13.0 Å². The first kappa shape index (κ1) is 11.4. The molecule has 1 aliphatic heterocycles. The number of carbonyl (C=O) groups excluding carboxylic acids is 1. The van der Waals surface area contributed by atoms with Crippen LogP contribution < -0.4 is 5.32 Å². The summed E-state index contributed by atoms with van der Waals surface area (Å²) < 4.78 is 0. The number of nitrogens with one attached hydrogen (secondary N) is 1. The van der Waals surface area contributed by atoms with Gasteiger partial charge in [0, 0.05) is 38.1 Å². The molecule has 0 aromatic carbocycles. The Morgan fingerprint density at radius 2 is 2.50 bits per heavy atom. The van der Waals surface area contributed by atoms with E-state index in [4.69, 9.17) is 11.6 Å². The van der Waals surface area contributed by atoms with E-state index < -0.39 is 0 Å². The Labute approximate surface area is 99.6 Å². The SMILES string of the molecule is C[C@H]1CNCCN1C(=O)c1ccncc1Cl. The Morgan fingerprint density at radius 1 is 1.69 bits per heavy atom. The molecule has 2 rings (SSSR count). The average molecular weight is 240 g/mol. The van der Waals surface area contributed by atoms with Crippen LogP contribution in [-0.4, -0.2) is 41.5 Å². The van der Waals surface area contributed by atoms with E-state index in [9.17, 15) is 4.79 Å². The van der Waals surface area contributed by atoms with Crippen molar-refractivity contribution in [2.75, 3.05) is 19.6 Å². The van der Waals surface area contributed by atoms with E-state index in [0.717, 1.165) is 19.6 Å². The molecule has 1 amide bonds. The number of piperazine rings is 1. The van der Waals surface area contributed by atoms with Gasteiger partial charge in [-0.3, -0.25) is 9.78 Å². The van der Waals surface area contributed by atoms with Crippen LogP contribution in [-0.2, 0) is 0 Å². The smallest absolute Gasteiger partial charge is 0.255 e. The van der Waals surface area contributed by atoms with Crippen molar-refractivity contribution in [3.8, 4) is 0 Å². The van der Waals surface area contributed by atoms with Crippen LogP contribution in [0.4, 0.5) is 0 Å². The van der Waals surface area contributed by atoms with Gasteiger partial charge in [0.25, 0.3) is 5.91 Å². The Kier molecular flexibility index (Phi) is 3.41. The summed E-state index contributed by atoms with van der Waals surface area (Å²) >= 11 is 5.96. The molecule has 0 unspecified atom stereocenters. The minimum atomic E-state index is -0.0126. The van der Waals surface area contributed by atoms with Crippen molar-refractivity contribution in [1.29, 1.82) is 0 Å². The lowest BCUT2D eigenvalue weighted by Crippen LogP contribution is -2.52. The maximum atomic E-state index is 12.2. The lowest BCUT2D eigenvalue weighted by Gasteiger charge is -2.34. The lowest BCUT2D eigenvalue weighted by molar-refractivity contribution is 0.0656. The maximum absolute atomic E-state index is 12.2. The number of halogens is 1. The second-order valence-electron chi connectivity index (χ2n) is 3.91. The average Bonchev–Trinajstić information content (AvgIpc) is 2.29. The quantitative estimate of drug-likeness (QED) is 0.800. The Morgan fingerprint density at radius 3 is 3.19 bits per heavy atom. The fraction of sp³-hybridized carbons (Fsp3) is 0.455. The number of carbonyl (C=O) groups is 1. The zero-order valence-electron chi connectivity index (χ0n) is 9.11. The summed E-state index contributed by atoms with van der Waals surface area (Å²) in [7, 11) is 0. The molecule has 0 aliphatic carbocycles. The summed E-state index contributed by atoms with van der Waals surface area (Å²) in [6.45, 7) is 4.41. The first-order valence-corrected chi connectivity index (χ1v) is 5.69. The molecule has 1 saturated heterocycles. The maximum Gasteiger partial charge on any atom is 0.255 e. The number of hydrogen-bond donors (Lipinski definition) is 1. The third-order valence-corrected chi connectivity index (χ3v) is 3.07. The van der Waals surface area contributed by atoms with Crippen molar-refractivity contribution in [1.82, 2.24) is 15.2 Å². The van der Waals surface area contributed by atoms with Crippen molar-refractivity contribution >= 4 is 17.5 Å². The number of nitrogens with zero attached hydrogens (tertiary/aromatic N) is 2. The highest BCUT2D eigenvalue weighted by Gasteiger charge is 2.25. The summed E-state index contributed by atoms with van der Waals surface area (Å²) in [6, 6.07) is 1.87. The Hall–Kier alpha value is -1.13. The number of pyridine rings is 1. The molecule has 4 nitrogen and oxygen atoms in total. The van der Waals surface area contributed by atoms with E-state index in [1.165, 1.54) is 6.20 Å². The molecule has 0 radical (unpaired) electrons. The molecule has 1 N–H and O–H groups in total. The standard InChI is InChI=1S/C11H14ClN3O/c1-8-6-14-4-5-15(8)11(16)9-2-3-13-7-10(9)12/h2-3,7-8,14H,4-6H2,1H3/t8-/m0/s1. The second kappa shape index (κ2) is 4.80. The summed E-state index contributed by atoms with van der Waals surface area (Å²) in [5.41, 5.74) is 0.533. The predicted molar refractivity (Wildman–Crippen MR) is 62.6 cm³/mol. The Balaban J connectivity index is 2.21. The molecule has 86 valence electrons. The molecule has 1 aromatic heterocycles. The molecule has 0 spiro atoms. The van der Waals surface area contributed by atoms with E-state index in [1.807, 2.05) is 11.8 Å². The Bertz CT molecular complexity index is 397. The molecular formula is C11H14ClN3O. The van der Waals surface area contributed by atoms with E-state index in [-0.39, 0.29) is 11.9 Å². The van der Waals surface area contributed by atoms with E-state index >= 15 is 0 Å². The fourth-order valence-electron chi connectivity index (χ4n) is 1.85. The summed E-state index contributed by atoms with van der Waals surface area (Å²) in [5.74, 6) is -0.0126. The molecule has 1 atom stereocenters. The van der Waals surface area contributed by atoms with E-state index in [1.54, 1.807) is 12.3 Å². The topological polar surface area (TPSA) is 45.2 Å². The monoisotopic (exact) mass is 239 g/mol. The van der Waals surface area contributed by atoms with Crippen LogP contribution in [0.25, 0.3) is 0 Å². The highest BCUT2D eigenvalue weighted by atomic mass is 35.5. The highest BCUT2D eigenvalue weighted by molar-refractivity contribution is 6.33. The minimum Gasteiger partial charge on any atom is -0.333 e. The van der Waals surface area contributed by atoms with Crippen molar-refractivity contribution in [3.63, 3.8) is 0 Å². The van der Waals surface area contributed by atoms with Gasteiger partial charge in [-0.25, -0.2) is 0 Å². The molecule has 0 bridgehead atoms. The molecule has 2 heterocycles. The first-order chi connectivity index (χ1) is 7.70. The molecule has 16 heavy (non-hydrogen) atoms. The third-order valence-electron chi connectivity index (χ3n) is 2.77. The molecule has 0 saturated carbocycles. The van der Waals surface area contributed by atoms with E-state index in [2.05, 4.69) is 10.3 Å². The van der Waals surface area contributed by atoms with Gasteiger partial charge in [0.2, 0.25) is 0 Å². The van der Waals surface area contributed by atoms with Gasteiger partial charge in [0.15, 0.2) is 0 Å². The second-order valence-corrected chi connectivity index (χ2v) is 4.31. The van der Waals surface area contributed by atoms with Gasteiger partial charge in [-0.2, -0.15) is 0 Å². The van der Waals surface area contributed by atoms with Gasteiger partial charge in [-0.15, -0.1) is 0 Å². The minimum absolute atomic E-state index is 0.0126. The van der Waals surface area contributed by atoms with Crippen LogP contribution in [0.5, 0.6) is 0 Å². The van der Waals surface area contributed by atoms with Gasteiger partial charge >= 0.3 is 0 Å². The number of hydrogen-bond acceptors (Lipinski definition) is 3. The molecular weight excluding hydrogens is 226 g/mol. The third kappa shape index (κ3) is 2.18. The predicted octanol–water partition coefficient (Wildman–Crippen LogP) is 1.17. The van der Waals surface area contributed by atoms with Crippen molar-refractivity contribution in [2.45, 2.75) is 13.0 Å². The molecule has 1 aromatic rings. The molecule has 1 fully saturated rings. The lowest BCUT2D eigenvalue weighted by atomic mass is 10.1. The fourth-order valence-corrected chi connectivity index (χ4v) is 2.05. The summed E-state index contributed by atoms with van der Waals surface area (Å²) in [6.07, 6.45) is 3.09. The molecule has 5 heteroatoms. The zero-order valence-corrected chi connectivity index (χ0v) is 9.87. The normalized spacial score (nSPS) is 20.9. The van der Waals surface area contributed by atoms with Gasteiger partial charge in [0.1, 0.15) is 0 Å². The molecule has 1 aliphatic rings. The van der Waals surface area contributed by atoms with Crippen LogP contribution in [0.2, 0.25) is 5.02 Å².